The molecule has 2 nitrogen and oxygen atoms in total. The molecule has 0 radical (unpaired) electrons. The molecule has 0 aromatic rings. The predicted octanol–water partition coefficient (Wildman–Crippen LogP) is 3.28. The Hall–Kier alpha value is 0.270. The van der Waals surface area contributed by atoms with Crippen LogP contribution in [0.3, 0.4) is 0 Å². The maximum absolute atomic E-state index is 4.24. The zero-order chi connectivity index (χ0) is 13.2. The van der Waals surface area contributed by atoms with Gasteiger partial charge in [0.25, 0.3) is 0 Å². The summed E-state index contributed by atoms with van der Waals surface area (Å²) in [5, 5.41) is 0. The van der Waals surface area contributed by atoms with Gasteiger partial charge in [0.15, 0.2) is 0 Å². The minimum Gasteiger partial charge on any atom is -0.301 e. The van der Waals surface area contributed by atoms with Crippen LogP contribution in [0.1, 0.15) is 51.9 Å². The van der Waals surface area contributed by atoms with Crippen LogP contribution in [0.4, 0.5) is 0 Å². The smallest absolute Gasteiger partial charge is 0.0192 e. The van der Waals surface area contributed by atoms with Crippen LogP contribution in [0.15, 0.2) is 0 Å². The van der Waals surface area contributed by atoms with Gasteiger partial charge in [-0.3, -0.25) is 0 Å². The second kappa shape index (κ2) is 10.1. The molecule has 0 aromatic carbocycles. The van der Waals surface area contributed by atoms with Crippen molar-refractivity contribution >= 4 is 12.6 Å². The van der Waals surface area contributed by atoms with Gasteiger partial charge in [0, 0.05) is 25.7 Å². The summed E-state index contributed by atoms with van der Waals surface area (Å²) in [6.45, 7) is 7.43. The molecule has 0 bridgehead atoms. The molecule has 0 aromatic heterocycles. The van der Waals surface area contributed by atoms with Crippen molar-refractivity contribution in [1.29, 1.82) is 0 Å². The van der Waals surface area contributed by atoms with Gasteiger partial charge in [-0.25, -0.2) is 0 Å². The lowest BCUT2D eigenvalue weighted by Gasteiger charge is -2.37. The molecule has 0 N–H and O–H groups in total. The molecule has 1 fully saturated rings. The van der Waals surface area contributed by atoms with Crippen molar-refractivity contribution in [3.63, 3.8) is 0 Å². The van der Waals surface area contributed by atoms with Crippen LogP contribution in [-0.4, -0.2) is 54.8 Å². The van der Waals surface area contributed by atoms with Gasteiger partial charge in [-0.1, -0.05) is 32.1 Å². The van der Waals surface area contributed by atoms with E-state index in [4.69, 9.17) is 0 Å². The van der Waals surface area contributed by atoms with Crippen LogP contribution in [-0.2, 0) is 0 Å². The van der Waals surface area contributed by atoms with Gasteiger partial charge in [-0.05, 0) is 39.1 Å². The third kappa shape index (κ3) is 7.01. The summed E-state index contributed by atoms with van der Waals surface area (Å²) >= 11 is 4.24. The lowest BCUT2D eigenvalue weighted by atomic mass is 10.1. The number of nitrogens with zero attached hydrogens (tertiary/aromatic N) is 2. The first kappa shape index (κ1) is 16.3. The van der Waals surface area contributed by atoms with E-state index in [1.165, 1.54) is 71.1 Å². The molecule has 0 amide bonds. The van der Waals surface area contributed by atoms with E-state index in [0.29, 0.717) is 0 Å². The van der Waals surface area contributed by atoms with Crippen LogP contribution >= 0.6 is 12.6 Å². The first-order chi connectivity index (χ1) is 8.74. The number of rotatable bonds is 9. The van der Waals surface area contributed by atoms with E-state index >= 15 is 0 Å². The fourth-order valence-corrected chi connectivity index (χ4v) is 2.88. The number of likely N-dealkylation sites (N-methyl/N-ethyl adjacent to an activating group) is 1. The van der Waals surface area contributed by atoms with Crippen LogP contribution < -0.4 is 0 Å². The Morgan fingerprint density at radius 2 is 1.56 bits per heavy atom. The SMILES string of the molecule is CC1CN(CCCCCCCCCS)CCN1C. The normalized spacial score (nSPS) is 22.5. The molecule has 1 saturated heterocycles. The molecule has 1 rings (SSSR count). The van der Waals surface area contributed by atoms with Gasteiger partial charge in [-0.15, -0.1) is 0 Å². The monoisotopic (exact) mass is 272 g/mol. The molecule has 1 aliphatic rings. The molecule has 0 saturated carbocycles. The van der Waals surface area contributed by atoms with Crippen LogP contribution in [0.5, 0.6) is 0 Å². The lowest BCUT2D eigenvalue weighted by molar-refractivity contribution is 0.104. The fourth-order valence-electron chi connectivity index (χ4n) is 2.66. The summed E-state index contributed by atoms with van der Waals surface area (Å²) in [5.41, 5.74) is 0. The Morgan fingerprint density at radius 3 is 2.17 bits per heavy atom. The predicted molar refractivity (Wildman–Crippen MR) is 84.7 cm³/mol. The number of hydrogen-bond donors (Lipinski definition) is 1. The van der Waals surface area contributed by atoms with E-state index < -0.39 is 0 Å². The van der Waals surface area contributed by atoms with Gasteiger partial charge in [0.1, 0.15) is 0 Å². The average molecular weight is 273 g/mol. The van der Waals surface area contributed by atoms with Gasteiger partial charge in [0.2, 0.25) is 0 Å². The quantitative estimate of drug-likeness (QED) is 0.508. The number of hydrogen-bond acceptors (Lipinski definition) is 3. The van der Waals surface area contributed by atoms with Gasteiger partial charge < -0.3 is 9.80 Å². The highest BCUT2D eigenvalue weighted by atomic mass is 32.1. The van der Waals surface area contributed by atoms with Crippen LogP contribution in [0.25, 0.3) is 0 Å². The molecule has 18 heavy (non-hydrogen) atoms. The molecule has 1 heterocycles. The zero-order valence-corrected chi connectivity index (χ0v) is 13.3. The molecule has 108 valence electrons. The van der Waals surface area contributed by atoms with Crippen LogP contribution in [0, 0.1) is 0 Å². The summed E-state index contributed by atoms with van der Waals surface area (Å²) in [4.78, 5) is 5.11. The Kier molecular flexibility index (Phi) is 9.16. The second-order valence-electron chi connectivity index (χ2n) is 5.83. The third-order valence-corrected chi connectivity index (χ3v) is 4.49. The van der Waals surface area contributed by atoms with E-state index in [9.17, 15) is 0 Å². The molecule has 1 atom stereocenters. The van der Waals surface area contributed by atoms with Crippen molar-refractivity contribution in [2.24, 2.45) is 0 Å². The van der Waals surface area contributed by atoms with E-state index in [0.717, 1.165) is 11.8 Å². The van der Waals surface area contributed by atoms with Gasteiger partial charge >= 0.3 is 0 Å². The largest absolute Gasteiger partial charge is 0.301 e. The summed E-state index contributed by atoms with van der Waals surface area (Å²) in [6.07, 6.45) is 9.74. The molecule has 1 aliphatic heterocycles. The second-order valence-corrected chi connectivity index (χ2v) is 6.28. The van der Waals surface area contributed by atoms with E-state index in [1.54, 1.807) is 0 Å². The molecule has 1 unspecified atom stereocenters. The highest BCUT2D eigenvalue weighted by molar-refractivity contribution is 7.80. The summed E-state index contributed by atoms with van der Waals surface area (Å²) in [5.74, 6) is 1.06. The summed E-state index contributed by atoms with van der Waals surface area (Å²) in [7, 11) is 2.24. The first-order valence-corrected chi connectivity index (χ1v) is 8.40. The van der Waals surface area contributed by atoms with Crippen molar-refractivity contribution in [2.45, 2.75) is 57.9 Å². The Labute approximate surface area is 120 Å². The van der Waals surface area contributed by atoms with E-state index in [-0.39, 0.29) is 0 Å². The first-order valence-electron chi connectivity index (χ1n) is 7.77. The molecular weight excluding hydrogens is 240 g/mol. The molecular formula is C15H32N2S. The van der Waals surface area contributed by atoms with Crippen molar-refractivity contribution in [3.05, 3.63) is 0 Å². The number of thiol groups is 1. The average Bonchev–Trinajstić information content (AvgIpc) is 2.37. The highest BCUT2D eigenvalue weighted by Crippen LogP contribution is 2.11. The van der Waals surface area contributed by atoms with Crippen LogP contribution in [0.2, 0.25) is 0 Å². The minimum absolute atomic E-state index is 0.736. The highest BCUT2D eigenvalue weighted by Gasteiger charge is 2.19. The Morgan fingerprint density at radius 1 is 0.944 bits per heavy atom. The Balaban J connectivity index is 1.89. The van der Waals surface area contributed by atoms with E-state index in [1.807, 2.05) is 0 Å². The van der Waals surface area contributed by atoms with Crippen molar-refractivity contribution in [1.82, 2.24) is 9.80 Å². The van der Waals surface area contributed by atoms with Crippen molar-refractivity contribution < 1.29 is 0 Å². The fraction of sp³-hybridized carbons (Fsp3) is 1.00. The maximum Gasteiger partial charge on any atom is 0.0192 e. The maximum atomic E-state index is 4.24. The standard InChI is InChI=1S/C15H32N2S/c1-15-14-17(12-11-16(15)2)10-8-6-4-3-5-7-9-13-18/h15,18H,3-14H2,1-2H3. The summed E-state index contributed by atoms with van der Waals surface area (Å²) < 4.78 is 0. The summed E-state index contributed by atoms with van der Waals surface area (Å²) in [6, 6.07) is 0.736. The molecule has 3 heteroatoms. The lowest BCUT2D eigenvalue weighted by Crippen LogP contribution is -2.50. The zero-order valence-electron chi connectivity index (χ0n) is 12.4. The van der Waals surface area contributed by atoms with Crippen molar-refractivity contribution in [3.8, 4) is 0 Å². The molecule has 0 aliphatic carbocycles. The third-order valence-electron chi connectivity index (χ3n) is 4.18. The molecule has 0 spiro atoms. The van der Waals surface area contributed by atoms with Gasteiger partial charge in [-0.2, -0.15) is 12.6 Å². The van der Waals surface area contributed by atoms with E-state index in [2.05, 4.69) is 36.4 Å². The minimum atomic E-state index is 0.736. The Bertz CT molecular complexity index is 199. The number of unbranched alkanes of at least 4 members (excludes halogenated alkanes) is 6. The van der Waals surface area contributed by atoms with Gasteiger partial charge in [0.05, 0.1) is 0 Å². The topological polar surface area (TPSA) is 6.48 Å². The van der Waals surface area contributed by atoms with Crippen molar-refractivity contribution in [2.75, 3.05) is 39.0 Å². The number of piperazine rings is 1.